The third kappa shape index (κ3) is 4.98. The standard InChI is InChI=1S/C12H19NOS/c1-2-10-15(13,14)11-6-9-12-7-4-3-5-8-12/h3-5,7-8,13H,2,6,9-11H2,1H3. The van der Waals surface area contributed by atoms with Gasteiger partial charge in [-0.05, 0) is 24.8 Å². The molecule has 0 saturated heterocycles. The highest BCUT2D eigenvalue weighted by Gasteiger charge is 2.04. The Balaban J connectivity index is 2.34. The monoisotopic (exact) mass is 225 g/mol. The largest absolute Gasteiger partial charge is 0.253 e. The third-order valence-electron chi connectivity index (χ3n) is 2.32. The molecule has 3 heteroatoms. The van der Waals surface area contributed by atoms with Crippen molar-refractivity contribution in [3.05, 3.63) is 35.9 Å². The van der Waals surface area contributed by atoms with Crippen molar-refractivity contribution in [2.45, 2.75) is 26.2 Å². The summed E-state index contributed by atoms with van der Waals surface area (Å²) in [5, 5.41) is 0. The van der Waals surface area contributed by atoms with Gasteiger partial charge in [0.25, 0.3) is 0 Å². The van der Waals surface area contributed by atoms with E-state index in [0.29, 0.717) is 11.5 Å². The highest BCUT2D eigenvalue weighted by molar-refractivity contribution is 7.92. The van der Waals surface area contributed by atoms with E-state index in [1.54, 1.807) is 0 Å². The molecule has 0 fully saturated rings. The maximum atomic E-state index is 11.6. The van der Waals surface area contributed by atoms with Crippen LogP contribution in [0.25, 0.3) is 0 Å². The Labute approximate surface area is 92.7 Å². The molecule has 15 heavy (non-hydrogen) atoms. The summed E-state index contributed by atoms with van der Waals surface area (Å²) in [6.07, 6.45) is 2.63. The predicted octanol–water partition coefficient (Wildman–Crippen LogP) is 3.08. The minimum Gasteiger partial charge on any atom is -0.253 e. The molecule has 2 nitrogen and oxygen atoms in total. The first-order chi connectivity index (χ1) is 7.14. The van der Waals surface area contributed by atoms with E-state index in [4.69, 9.17) is 4.78 Å². The van der Waals surface area contributed by atoms with Crippen LogP contribution in [0.4, 0.5) is 0 Å². The van der Waals surface area contributed by atoms with E-state index < -0.39 is 9.73 Å². The van der Waals surface area contributed by atoms with Gasteiger partial charge in [0, 0.05) is 21.2 Å². The number of aryl methyl sites for hydroxylation is 1. The van der Waals surface area contributed by atoms with E-state index in [1.165, 1.54) is 5.56 Å². The molecule has 1 N–H and O–H groups in total. The Hall–Kier alpha value is -0.830. The minimum absolute atomic E-state index is 0.537. The van der Waals surface area contributed by atoms with Crippen molar-refractivity contribution in [1.29, 1.82) is 4.78 Å². The van der Waals surface area contributed by atoms with Crippen LogP contribution in [0.5, 0.6) is 0 Å². The molecule has 0 spiro atoms. The molecule has 0 bridgehead atoms. The van der Waals surface area contributed by atoms with Crippen LogP contribution in [0.3, 0.4) is 0 Å². The molecular weight excluding hydrogens is 206 g/mol. The molecule has 0 heterocycles. The van der Waals surface area contributed by atoms with Gasteiger partial charge in [-0.1, -0.05) is 37.3 Å². The van der Waals surface area contributed by atoms with Crippen LogP contribution in [0, 0.1) is 4.78 Å². The van der Waals surface area contributed by atoms with E-state index in [2.05, 4.69) is 12.1 Å². The molecule has 0 saturated carbocycles. The molecule has 84 valence electrons. The molecule has 0 amide bonds. The lowest BCUT2D eigenvalue weighted by Crippen LogP contribution is -2.09. The van der Waals surface area contributed by atoms with Gasteiger partial charge in [0.2, 0.25) is 0 Å². The van der Waals surface area contributed by atoms with Crippen molar-refractivity contribution in [3.8, 4) is 0 Å². The van der Waals surface area contributed by atoms with Crippen LogP contribution in [0.15, 0.2) is 30.3 Å². The van der Waals surface area contributed by atoms with E-state index >= 15 is 0 Å². The summed E-state index contributed by atoms with van der Waals surface area (Å²) in [7, 11) is -2.30. The van der Waals surface area contributed by atoms with Gasteiger partial charge in [0.15, 0.2) is 0 Å². The van der Waals surface area contributed by atoms with Gasteiger partial charge in [0.1, 0.15) is 0 Å². The van der Waals surface area contributed by atoms with Gasteiger partial charge in [-0.3, -0.25) is 4.78 Å². The number of nitrogens with one attached hydrogen (secondary N) is 1. The van der Waals surface area contributed by atoms with Crippen LogP contribution in [-0.2, 0) is 16.1 Å². The van der Waals surface area contributed by atoms with Crippen LogP contribution in [0.1, 0.15) is 25.3 Å². The molecule has 0 aliphatic carbocycles. The average Bonchev–Trinajstić information content (AvgIpc) is 2.19. The molecule has 1 unspecified atom stereocenters. The number of rotatable bonds is 6. The Bertz CT molecular complexity index is 370. The first-order valence-electron chi connectivity index (χ1n) is 5.42. The van der Waals surface area contributed by atoms with Crippen molar-refractivity contribution in [2.24, 2.45) is 0 Å². The molecule has 0 aliphatic rings. The molecule has 0 aliphatic heterocycles. The Morgan fingerprint density at radius 3 is 2.47 bits per heavy atom. The summed E-state index contributed by atoms with van der Waals surface area (Å²) in [6, 6.07) is 10.2. The third-order valence-corrected chi connectivity index (χ3v) is 4.33. The normalized spacial score (nSPS) is 14.7. The maximum absolute atomic E-state index is 11.6. The zero-order valence-corrected chi connectivity index (χ0v) is 10.1. The second-order valence-corrected chi connectivity index (χ2v) is 6.25. The van der Waals surface area contributed by atoms with Crippen molar-refractivity contribution >= 4 is 9.73 Å². The number of hydrogen-bond donors (Lipinski definition) is 1. The average molecular weight is 225 g/mol. The highest BCUT2D eigenvalue weighted by Crippen LogP contribution is 2.05. The lowest BCUT2D eigenvalue weighted by molar-refractivity contribution is 0.670. The summed E-state index contributed by atoms with van der Waals surface area (Å²) in [4.78, 5) is 0. The summed E-state index contributed by atoms with van der Waals surface area (Å²) < 4.78 is 19.3. The van der Waals surface area contributed by atoms with Crippen molar-refractivity contribution in [2.75, 3.05) is 11.5 Å². The predicted molar refractivity (Wildman–Crippen MR) is 65.7 cm³/mol. The Kier molecular flexibility index (Phi) is 4.82. The zero-order valence-electron chi connectivity index (χ0n) is 9.24. The summed E-state index contributed by atoms with van der Waals surface area (Å²) in [5.41, 5.74) is 1.27. The quantitative estimate of drug-likeness (QED) is 0.794. The number of hydrogen-bond acceptors (Lipinski definition) is 2. The first kappa shape index (κ1) is 12.2. The highest BCUT2D eigenvalue weighted by atomic mass is 32.2. The van der Waals surface area contributed by atoms with Gasteiger partial charge < -0.3 is 0 Å². The van der Waals surface area contributed by atoms with Gasteiger partial charge in [-0.15, -0.1) is 0 Å². The Morgan fingerprint density at radius 2 is 1.87 bits per heavy atom. The van der Waals surface area contributed by atoms with Gasteiger partial charge in [0.05, 0.1) is 0 Å². The maximum Gasteiger partial charge on any atom is 0.0441 e. The summed E-state index contributed by atoms with van der Waals surface area (Å²) in [5.74, 6) is 1.08. The molecule has 0 aromatic heterocycles. The minimum atomic E-state index is -2.30. The molecule has 0 radical (unpaired) electrons. The lowest BCUT2D eigenvalue weighted by atomic mass is 10.1. The molecule has 1 aromatic rings. The SMILES string of the molecule is CCCS(=N)(=O)CCCc1ccccc1. The van der Waals surface area contributed by atoms with Crippen molar-refractivity contribution in [3.63, 3.8) is 0 Å². The molecule has 1 aromatic carbocycles. The van der Waals surface area contributed by atoms with Crippen molar-refractivity contribution in [1.82, 2.24) is 0 Å². The van der Waals surface area contributed by atoms with Crippen molar-refractivity contribution < 1.29 is 4.21 Å². The fraction of sp³-hybridized carbons (Fsp3) is 0.500. The first-order valence-corrected chi connectivity index (χ1v) is 7.32. The zero-order chi connectivity index (χ0) is 11.1. The molecule has 1 atom stereocenters. The van der Waals surface area contributed by atoms with Gasteiger partial charge >= 0.3 is 0 Å². The van der Waals surface area contributed by atoms with Gasteiger partial charge in [-0.25, -0.2) is 4.21 Å². The Morgan fingerprint density at radius 1 is 1.20 bits per heavy atom. The molecular formula is C12H19NOS. The van der Waals surface area contributed by atoms with Crippen LogP contribution in [-0.4, -0.2) is 15.7 Å². The molecule has 1 rings (SSSR count). The van der Waals surface area contributed by atoms with E-state index in [1.807, 2.05) is 25.1 Å². The second-order valence-electron chi connectivity index (χ2n) is 3.81. The second kappa shape index (κ2) is 5.91. The van der Waals surface area contributed by atoms with Crippen LogP contribution in [0.2, 0.25) is 0 Å². The van der Waals surface area contributed by atoms with Crippen LogP contribution >= 0.6 is 0 Å². The fourth-order valence-corrected chi connectivity index (χ4v) is 3.06. The lowest BCUT2D eigenvalue weighted by Gasteiger charge is -2.05. The van der Waals surface area contributed by atoms with E-state index in [-0.39, 0.29) is 0 Å². The van der Waals surface area contributed by atoms with Crippen LogP contribution < -0.4 is 0 Å². The van der Waals surface area contributed by atoms with Gasteiger partial charge in [-0.2, -0.15) is 0 Å². The van der Waals surface area contributed by atoms with E-state index in [0.717, 1.165) is 19.3 Å². The smallest absolute Gasteiger partial charge is 0.0441 e. The summed E-state index contributed by atoms with van der Waals surface area (Å²) >= 11 is 0. The topological polar surface area (TPSA) is 40.9 Å². The fourth-order valence-electron chi connectivity index (χ4n) is 1.59. The number of benzene rings is 1. The summed E-state index contributed by atoms with van der Waals surface area (Å²) in [6.45, 7) is 1.98. The van der Waals surface area contributed by atoms with E-state index in [9.17, 15) is 4.21 Å².